The van der Waals surface area contributed by atoms with E-state index in [0.717, 1.165) is 5.69 Å². The Labute approximate surface area is 107 Å². The average Bonchev–Trinajstić information content (AvgIpc) is 2.40. The second kappa shape index (κ2) is 13.0. The first-order valence-electron chi connectivity index (χ1n) is 6.78. The van der Waals surface area contributed by atoms with Gasteiger partial charge in [0.1, 0.15) is 0 Å². The molecule has 0 saturated heterocycles. The van der Waals surface area contributed by atoms with Crippen molar-refractivity contribution in [3.63, 3.8) is 0 Å². The highest BCUT2D eigenvalue weighted by Crippen LogP contribution is 2.01. The Morgan fingerprint density at radius 2 is 1.41 bits per heavy atom. The molecule has 0 atom stereocenters. The number of nitrogens with one attached hydrogen (secondary N) is 2. The molecule has 17 heavy (non-hydrogen) atoms. The van der Waals surface area contributed by atoms with Crippen LogP contribution in [0.1, 0.15) is 39.5 Å². The maximum absolute atomic E-state index is 3.39. The minimum atomic E-state index is 1.16. The van der Waals surface area contributed by atoms with E-state index in [1.807, 2.05) is 37.4 Å². The molecule has 0 heterocycles. The van der Waals surface area contributed by atoms with Crippen LogP contribution < -0.4 is 10.6 Å². The van der Waals surface area contributed by atoms with Crippen molar-refractivity contribution < 1.29 is 0 Å². The van der Waals surface area contributed by atoms with Gasteiger partial charge in [0.2, 0.25) is 0 Å². The number of rotatable bonds is 7. The maximum Gasteiger partial charge on any atom is 0.0337 e. The lowest BCUT2D eigenvalue weighted by atomic mass is 10.3. The van der Waals surface area contributed by atoms with Gasteiger partial charge < -0.3 is 10.6 Å². The molecule has 2 heteroatoms. The molecule has 0 spiro atoms. The molecule has 0 aliphatic rings. The zero-order valence-corrected chi connectivity index (χ0v) is 11.6. The fourth-order valence-corrected chi connectivity index (χ4v) is 1.33. The van der Waals surface area contributed by atoms with Gasteiger partial charge in [-0.3, -0.25) is 0 Å². The van der Waals surface area contributed by atoms with Gasteiger partial charge in [0, 0.05) is 12.7 Å². The van der Waals surface area contributed by atoms with E-state index in [0.29, 0.717) is 0 Å². The topological polar surface area (TPSA) is 24.1 Å². The van der Waals surface area contributed by atoms with Crippen molar-refractivity contribution in [3.8, 4) is 0 Å². The Hall–Kier alpha value is -1.02. The Kier molecular flexibility index (Phi) is 12.3. The Balaban J connectivity index is 0.000000302. The highest BCUT2D eigenvalue weighted by atomic mass is 14.8. The van der Waals surface area contributed by atoms with Crippen molar-refractivity contribution in [1.29, 1.82) is 0 Å². The molecule has 0 bridgehead atoms. The number of anilines is 1. The van der Waals surface area contributed by atoms with Gasteiger partial charge in [-0.15, -0.1) is 0 Å². The summed E-state index contributed by atoms with van der Waals surface area (Å²) in [5, 5.41) is 6.41. The van der Waals surface area contributed by atoms with Crippen LogP contribution in [0.25, 0.3) is 0 Å². The Morgan fingerprint density at radius 3 is 1.76 bits per heavy atom. The largest absolute Gasteiger partial charge is 0.388 e. The third-order valence-corrected chi connectivity index (χ3v) is 2.48. The second-order valence-corrected chi connectivity index (χ2v) is 4.07. The van der Waals surface area contributed by atoms with Gasteiger partial charge in [0.05, 0.1) is 0 Å². The molecule has 0 radical (unpaired) electrons. The molecule has 1 aromatic carbocycles. The predicted octanol–water partition coefficient (Wildman–Crippen LogP) is 3.90. The van der Waals surface area contributed by atoms with Crippen molar-refractivity contribution in [2.45, 2.75) is 39.5 Å². The van der Waals surface area contributed by atoms with Crippen molar-refractivity contribution in [3.05, 3.63) is 30.3 Å². The first-order chi connectivity index (χ1) is 8.35. The molecule has 0 amide bonds. The molecule has 2 N–H and O–H groups in total. The summed E-state index contributed by atoms with van der Waals surface area (Å²) >= 11 is 0. The maximum atomic E-state index is 3.39. The van der Waals surface area contributed by atoms with Crippen LogP contribution in [0.3, 0.4) is 0 Å². The van der Waals surface area contributed by atoms with Gasteiger partial charge in [0.15, 0.2) is 0 Å². The van der Waals surface area contributed by atoms with Crippen LogP contribution in [-0.4, -0.2) is 20.1 Å². The molecule has 98 valence electrons. The zero-order chi connectivity index (χ0) is 12.8. The van der Waals surface area contributed by atoms with Gasteiger partial charge in [-0.25, -0.2) is 0 Å². The van der Waals surface area contributed by atoms with Crippen molar-refractivity contribution in [2.75, 3.05) is 25.5 Å². The molecule has 1 aromatic rings. The molecule has 1 rings (SSSR count). The Bertz CT molecular complexity index is 228. The molecular weight excluding hydrogens is 208 g/mol. The summed E-state index contributed by atoms with van der Waals surface area (Å²) in [6, 6.07) is 10.1. The van der Waals surface area contributed by atoms with Crippen LogP contribution >= 0.6 is 0 Å². The number of benzene rings is 1. The SMILES string of the molecule is CCCCNCCCC.CNc1ccccc1. The van der Waals surface area contributed by atoms with Gasteiger partial charge in [-0.05, 0) is 38.1 Å². The third kappa shape index (κ3) is 11.2. The van der Waals surface area contributed by atoms with E-state index in [-0.39, 0.29) is 0 Å². The van der Waals surface area contributed by atoms with Crippen LogP contribution in [0.15, 0.2) is 30.3 Å². The van der Waals surface area contributed by atoms with Crippen LogP contribution in [0.2, 0.25) is 0 Å². The van der Waals surface area contributed by atoms with E-state index in [1.54, 1.807) is 0 Å². The average molecular weight is 236 g/mol. The summed E-state index contributed by atoms with van der Waals surface area (Å²) in [5.74, 6) is 0. The molecule has 0 aliphatic carbocycles. The molecule has 0 unspecified atom stereocenters. The van der Waals surface area contributed by atoms with Crippen molar-refractivity contribution >= 4 is 5.69 Å². The number of para-hydroxylation sites is 1. The molecular formula is C15H28N2. The van der Waals surface area contributed by atoms with Gasteiger partial charge in [-0.2, -0.15) is 0 Å². The Morgan fingerprint density at radius 1 is 0.882 bits per heavy atom. The summed E-state index contributed by atoms with van der Waals surface area (Å²) in [7, 11) is 1.91. The van der Waals surface area contributed by atoms with Gasteiger partial charge in [-0.1, -0.05) is 44.9 Å². The fourth-order valence-electron chi connectivity index (χ4n) is 1.33. The molecule has 0 saturated carbocycles. The third-order valence-electron chi connectivity index (χ3n) is 2.48. The minimum absolute atomic E-state index is 1.16. The fraction of sp³-hybridized carbons (Fsp3) is 0.600. The van der Waals surface area contributed by atoms with Crippen molar-refractivity contribution in [2.24, 2.45) is 0 Å². The lowest BCUT2D eigenvalue weighted by molar-refractivity contribution is 0.611. The van der Waals surface area contributed by atoms with E-state index in [9.17, 15) is 0 Å². The predicted molar refractivity (Wildman–Crippen MR) is 78.7 cm³/mol. The second-order valence-electron chi connectivity index (χ2n) is 4.07. The van der Waals surface area contributed by atoms with Crippen LogP contribution in [0.5, 0.6) is 0 Å². The van der Waals surface area contributed by atoms with E-state index in [2.05, 4.69) is 24.5 Å². The number of hydrogen-bond donors (Lipinski definition) is 2. The van der Waals surface area contributed by atoms with E-state index in [1.165, 1.54) is 38.8 Å². The van der Waals surface area contributed by atoms with Crippen LogP contribution in [-0.2, 0) is 0 Å². The summed E-state index contributed by atoms with van der Waals surface area (Å²) < 4.78 is 0. The highest BCUT2D eigenvalue weighted by Gasteiger charge is 1.83. The number of unbranched alkanes of at least 4 members (excludes halogenated alkanes) is 2. The van der Waals surface area contributed by atoms with E-state index >= 15 is 0 Å². The lowest BCUT2D eigenvalue weighted by Gasteiger charge is -1.99. The number of hydrogen-bond acceptors (Lipinski definition) is 2. The monoisotopic (exact) mass is 236 g/mol. The molecule has 0 fully saturated rings. The summed E-state index contributed by atoms with van der Waals surface area (Å²) in [4.78, 5) is 0. The van der Waals surface area contributed by atoms with Crippen LogP contribution in [0, 0.1) is 0 Å². The van der Waals surface area contributed by atoms with Crippen LogP contribution in [0.4, 0.5) is 5.69 Å². The smallest absolute Gasteiger partial charge is 0.0337 e. The normalized spacial score (nSPS) is 9.35. The summed E-state index contributed by atoms with van der Waals surface area (Å²) in [5.41, 5.74) is 1.16. The zero-order valence-electron chi connectivity index (χ0n) is 11.6. The van der Waals surface area contributed by atoms with E-state index in [4.69, 9.17) is 0 Å². The standard InChI is InChI=1S/C8H19N.C7H9N/c1-3-5-7-9-8-6-4-2;1-8-7-5-3-2-4-6-7/h9H,3-8H2,1-2H3;2-6,8H,1H3. The summed E-state index contributed by atoms with van der Waals surface area (Å²) in [6.45, 7) is 6.86. The summed E-state index contributed by atoms with van der Waals surface area (Å²) in [6.07, 6.45) is 5.26. The highest BCUT2D eigenvalue weighted by molar-refractivity contribution is 5.41. The first-order valence-corrected chi connectivity index (χ1v) is 6.78. The molecule has 2 nitrogen and oxygen atoms in total. The van der Waals surface area contributed by atoms with Crippen molar-refractivity contribution in [1.82, 2.24) is 5.32 Å². The minimum Gasteiger partial charge on any atom is -0.388 e. The van der Waals surface area contributed by atoms with Gasteiger partial charge >= 0.3 is 0 Å². The quantitative estimate of drug-likeness (QED) is 0.702. The van der Waals surface area contributed by atoms with E-state index < -0.39 is 0 Å². The molecule has 0 aromatic heterocycles. The van der Waals surface area contributed by atoms with Gasteiger partial charge in [0.25, 0.3) is 0 Å². The lowest BCUT2D eigenvalue weighted by Crippen LogP contribution is -2.15. The first kappa shape index (κ1) is 16.0. The molecule has 0 aliphatic heterocycles.